The van der Waals surface area contributed by atoms with Gasteiger partial charge in [0.1, 0.15) is 12.0 Å². The molecule has 0 aliphatic heterocycles. The minimum absolute atomic E-state index is 0.157. The van der Waals surface area contributed by atoms with Crippen LogP contribution in [0.2, 0.25) is 0 Å². The molecule has 3 N–H and O–H groups in total. The number of hydrogen-bond donors (Lipinski definition) is 3. The smallest absolute Gasteiger partial charge is 0.224 e. The number of halogens is 2. The van der Waals surface area contributed by atoms with E-state index in [1.54, 1.807) is 19.3 Å². The molecule has 9 heteroatoms. The minimum Gasteiger partial charge on any atom is -0.393 e. The number of aliphatic hydroxyl groups is 1. The average Bonchev–Trinajstić information content (AvgIpc) is 2.83. The molecule has 7 nitrogen and oxygen atoms in total. The van der Waals surface area contributed by atoms with Crippen LogP contribution in [0.5, 0.6) is 0 Å². The Hall–Kier alpha value is -2.39. The summed E-state index contributed by atoms with van der Waals surface area (Å²) >= 11 is 0. The van der Waals surface area contributed by atoms with E-state index in [2.05, 4.69) is 30.5 Å². The van der Waals surface area contributed by atoms with Crippen LogP contribution in [0.4, 0.5) is 20.5 Å². The Bertz CT molecular complexity index is 863. The quantitative estimate of drug-likeness (QED) is 0.436. The van der Waals surface area contributed by atoms with E-state index < -0.39 is 6.17 Å². The zero-order chi connectivity index (χ0) is 23.6. The van der Waals surface area contributed by atoms with Crippen molar-refractivity contribution < 1.29 is 13.9 Å². The van der Waals surface area contributed by atoms with Gasteiger partial charge in [-0.05, 0) is 63.3 Å². The van der Waals surface area contributed by atoms with Crippen molar-refractivity contribution in [1.82, 2.24) is 19.9 Å². The molecule has 182 valence electrons. The molecule has 1 aliphatic carbocycles. The lowest BCUT2D eigenvalue weighted by Crippen LogP contribution is -2.29. The van der Waals surface area contributed by atoms with Crippen LogP contribution in [0, 0.1) is 0 Å². The summed E-state index contributed by atoms with van der Waals surface area (Å²) in [5.74, 6) is 1.02. The van der Waals surface area contributed by atoms with Crippen molar-refractivity contribution in [3.63, 3.8) is 0 Å². The molecule has 0 spiro atoms. The number of aromatic nitrogens is 3. The monoisotopic (exact) mass is 462 g/mol. The van der Waals surface area contributed by atoms with Gasteiger partial charge in [0.05, 0.1) is 24.0 Å². The Morgan fingerprint density at radius 1 is 1.24 bits per heavy atom. The van der Waals surface area contributed by atoms with Crippen LogP contribution in [0.15, 0.2) is 24.5 Å². The molecule has 0 saturated heterocycles. The van der Waals surface area contributed by atoms with Gasteiger partial charge in [-0.3, -0.25) is 9.37 Å². The lowest BCUT2D eigenvalue weighted by molar-refractivity contribution is 0.126. The number of nitrogens with one attached hydrogen (secondary N) is 2. The van der Waals surface area contributed by atoms with Crippen molar-refractivity contribution in [1.29, 1.82) is 0 Å². The summed E-state index contributed by atoms with van der Waals surface area (Å²) < 4.78 is 26.2. The van der Waals surface area contributed by atoms with Crippen molar-refractivity contribution in [3.05, 3.63) is 30.1 Å². The van der Waals surface area contributed by atoms with Gasteiger partial charge in [0.2, 0.25) is 5.95 Å². The fraction of sp³-hybridized carbons (Fsp3) is 0.625. The highest BCUT2D eigenvalue weighted by Crippen LogP contribution is 2.29. The topological polar surface area (TPSA) is 86.2 Å². The molecule has 0 unspecified atom stereocenters. The second kappa shape index (κ2) is 12.7. The maximum absolute atomic E-state index is 13.7. The Balaban J connectivity index is 1.82. The van der Waals surface area contributed by atoms with Crippen molar-refractivity contribution in [2.45, 2.75) is 70.3 Å². The van der Waals surface area contributed by atoms with E-state index in [4.69, 9.17) is 0 Å². The number of hydrogen-bond acceptors (Lipinski definition) is 7. The average molecular weight is 463 g/mol. The number of anilines is 2. The van der Waals surface area contributed by atoms with E-state index in [1.165, 1.54) is 0 Å². The first-order valence-corrected chi connectivity index (χ1v) is 11.9. The zero-order valence-corrected chi connectivity index (χ0v) is 19.6. The zero-order valence-electron chi connectivity index (χ0n) is 19.6. The van der Waals surface area contributed by atoms with Crippen LogP contribution < -0.4 is 10.6 Å². The third-order valence-electron chi connectivity index (χ3n) is 5.98. The van der Waals surface area contributed by atoms with Crippen LogP contribution >= 0.6 is 0 Å². The van der Waals surface area contributed by atoms with Crippen LogP contribution in [0.3, 0.4) is 0 Å². The molecule has 1 aliphatic rings. The Labute approximate surface area is 195 Å². The van der Waals surface area contributed by atoms with E-state index in [1.807, 2.05) is 19.2 Å². The van der Waals surface area contributed by atoms with Crippen molar-refractivity contribution in [2.24, 2.45) is 0 Å². The Morgan fingerprint density at radius 3 is 2.76 bits per heavy atom. The second-order valence-corrected chi connectivity index (χ2v) is 8.82. The van der Waals surface area contributed by atoms with Crippen LogP contribution in [-0.2, 0) is 6.54 Å². The molecule has 0 amide bonds. The molecule has 0 bridgehead atoms. The summed E-state index contributed by atoms with van der Waals surface area (Å²) in [5, 5.41) is 16.3. The van der Waals surface area contributed by atoms with E-state index in [0.29, 0.717) is 37.7 Å². The van der Waals surface area contributed by atoms with Gasteiger partial charge < -0.3 is 20.6 Å². The molecule has 33 heavy (non-hydrogen) atoms. The van der Waals surface area contributed by atoms with Crippen molar-refractivity contribution >= 4 is 11.8 Å². The van der Waals surface area contributed by atoms with E-state index in [-0.39, 0.29) is 25.4 Å². The lowest BCUT2D eigenvalue weighted by atomic mass is 9.93. The second-order valence-electron chi connectivity index (χ2n) is 8.82. The fourth-order valence-corrected chi connectivity index (χ4v) is 3.96. The summed E-state index contributed by atoms with van der Waals surface area (Å²) in [6.07, 6.45) is 6.42. The third-order valence-corrected chi connectivity index (χ3v) is 5.98. The van der Waals surface area contributed by atoms with Gasteiger partial charge in [0, 0.05) is 38.1 Å². The molecular formula is C24H36F2N6O. The van der Waals surface area contributed by atoms with Gasteiger partial charge in [-0.15, -0.1) is 0 Å². The molecule has 1 fully saturated rings. The first-order chi connectivity index (χ1) is 16.0. The van der Waals surface area contributed by atoms with Gasteiger partial charge in [-0.2, -0.15) is 4.98 Å². The molecule has 1 saturated carbocycles. The molecule has 1 atom stereocenters. The van der Waals surface area contributed by atoms with Crippen molar-refractivity contribution in [2.75, 3.05) is 37.4 Å². The standard InChI is InChI=1S/C24H36F2N6O/c1-3-18(26)14-28-24-29-15-21(23(31-24)30-19-5-7-20(33)8-6-19)22-13-17(9-11-27-22)16-32(2)12-4-10-25/h9,11,13,15,18-20,33H,3-8,10,12,14,16H2,1-2H3,(H2,28,29,30,31)/t18-,19?,20?/m0/s1. The number of nitrogens with zero attached hydrogens (tertiary/aromatic N) is 4. The molecular weight excluding hydrogens is 426 g/mol. The summed E-state index contributed by atoms with van der Waals surface area (Å²) in [6.45, 7) is 3.01. The number of pyridine rings is 1. The van der Waals surface area contributed by atoms with Gasteiger partial charge >= 0.3 is 0 Å². The highest BCUT2D eigenvalue weighted by molar-refractivity contribution is 5.73. The maximum atomic E-state index is 13.7. The minimum atomic E-state index is -0.961. The normalized spacial score (nSPS) is 19.5. The Kier molecular flexibility index (Phi) is 9.75. The summed E-state index contributed by atoms with van der Waals surface area (Å²) in [6, 6.07) is 4.14. The predicted molar refractivity (Wildman–Crippen MR) is 128 cm³/mol. The molecule has 2 aromatic heterocycles. The summed E-state index contributed by atoms with van der Waals surface area (Å²) in [5.41, 5.74) is 2.58. The summed E-state index contributed by atoms with van der Waals surface area (Å²) in [7, 11) is 1.97. The van der Waals surface area contributed by atoms with Crippen LogP contribution in [0.25, 0.3) is 11.3 Å². The SMILES string of the molecule is CC[C@H](F)CNc1ncc(-c2cc(CN(C)CCCF)ccn2)c(NC2CCC(O)CC2)n1. The molecule has 2 aromatic rings. The third kappa shape index (κ3) is 7.85. The highest BCUT2D eigenvalue weighted by Gasteiger charge is 2.22. The highest BCUT2D eigenvalue weighted by atomic mass is 19.1. The van der Waals surface area contributed by atoms with E-state index in [0.717, 1.165) is 42.5 Å². The predicted octanol–water partition coefficient (Wildman–Crippen LogP) is 4.21. The van der Waals surface area contributed by atoms with Gasteiger partial charge in [0.25, 0.3) is 0 Å². The molecule has 0 aromatic carbocycles. The van der Waals surface area contributed by atoms with Gasteiger partial charge in [0.15, 0.2) is 0 Å². The number of aliphatic hydroxyl groups excluding tert-OH is 1. The van der Waals surface area contributed by atoms with Gasteiger partial charge in [-0.1, -0.05) is 6.92 Å². The largest absolute Gasteiger partial charge is 0.393 e. The molecule has 3 rings (SSSR count). The van der Waals surface area contributed by atoms with Crippen LogP contribution in [-0.4, -0.2) is 70.1 Å². The molecule has 2 heterocycles. The number of alkyl halides is 2. The number of rotatable bonds is 12. The van der Waals surface area contributed by atoms with Gasteiger partial charge in [-0.25, -0.2) is 9.37 Å². The Morgan fingerprint density at radius 2 is 2.03 bits per heavy atom. The first kappa shape index (κ1) is 25.2. The van der Waals surface area contributed by atoms with E-state index >= 15 is 0 Å². The summed E-state index contributed by atoms with van der Waals surface area (Å²) in [4.78, 5) is 15.7. The first-order valence-electron chi connectivity index (χ1n) is 11.9. The van der Waals surface area contributed by atoms with Crippen molar-refractivity contribution in [3.8, 4) is 11.3 Å². The molecule has 0 radical (unpaired) electrons. The maximum Gasteiger partial charge on any atom is 0.224 e. The van der Waals surface area contributed by atoms with Crippen LogP contribution in [0.1, 0.15) is 51.0 Å². The lowest BCUT2D eigenvalue weighted by Gasteiger charge is -2.27. The fourth-order valence-electron chi connectivity index (χ4n) is 3.96. The van der Waals surface area contributed by atoms with E-state index in [9.17, 15) is 13.9 Å².